The third-order valence-electron chi connectivity index (χ3n) is 5.49. The predicted molar refractivity (Wildman–Crippen MR) is 158 cm³/mol. The molecule has 40 heavy (non-hydrogen) atoms. The summed E-state index contributed by atoms with van der Waals surface area (Å²) in [6.07, 6.45) is 1.48. The normalized spacial score (nSPS) is 10.8. The summed E-state index contributed by atoms with van der Waals surface area (Å²) in [5.41, 5.74) is 14.5. The second-order valence-corrected chi connectivity index (χ2v) is 8.78. The molecule has 4 rings (SSSR count). The number of nitrogens with zero attached hydrogens (tertiary/aromatic N) is 2. The molecule has 6 N–H and O–H groups in total. The van der Waals surface area contributed by atoms with Gasteiger partial charge in [0.05, 0.1) is 18.4 Å². The number of benzene rings is 3. The molecule has 3 aromatic carbocycles. The van der Waals surface area contributed by atoms with Gasteiger partial charge in [-0.05, 0) is 48.1 Å². The first-order valence-electron chi connectivity index (χ1n) is 12.3. The molecule has 0 aliphatic carbocycles. The van der Waals surface area contributed by atoms with Crippen molar-refractivity contribution in [3.05, 3.63) is 120 Å². The van der Waals surface area contributed by atoms with Crippen LogP contribution in [0, 0.1) is 0 Å². The Bertz CT molecular complexity index is 1480. The Balaban J connectivity index is 1.24. The minimum absolute atomic E-state index is 0.0623. The molecule has 0 saturated heterocycles. The van der Waals surface area contributed by atoms with Gasteiger partial charge in [-0.3, -0.25) is 15.6 Å². The number of aromatic nitrogens is 2. The molecule has 0 radical (unpaired) electrons. The van der Waals surface area contributed by atoms with Gasteiger partial charge in [-0.2, -0.15) is 0 Å². The topological polar surface area (TPSA) is 143 Å². The molecule has 11 heteroatoms. The Kier molecular flexibility index (Phi) is 9.73. The number of hydrogen-bond donors (Lipinski definition) is 5. The number of nitrogens with one attached hydrogen (secondary N) is 4. The van der Waals surface area contributed by atoms with E-state index in [9.17, 15) is 9.59 Å². The molecule has 0 fully saturated rings. The van der Waals surface area contributed by atoms with Gasteiger partial charge in [0, 0.05) is 23.2 Å². The van der Waals surface area contributed by atoms with Crippen LogP contribution in [-0.4, -0.2) is 33.8 Å². The highest BCUT2D eigenvalue weighted by Crippen LogP contribution is 2.18. The van der Waals surface area contributed by atoms with Gasteiger partial charge in [0.1, 0.15) is 5.82 Å². The van der Waals surface area contributed by atoms with Gasteiger partial charge in [0.2, 0.25) is 0 Å². The van der Waals surface area contributed by atoms with E-state index in [2.05, 4.69) is 31.7 Å². The number of rotatable bonds is 10. The fourth-order valence-electron chi connectivity index (χ4n) is 3.55. The largest absolute Gasteiger partial charge is 0.462 e. The van der Waals surface area contributed by atoms with Gasteiger partial charge in [-0.1, -0.05) is 66.7 Å². The van der Waals surface area contributed by atoms with Gasteiger partial charge >= 0.3 is 5.97 Å². The Morgan fingerprint density at radius 3 is 2.25 bits per heavy atom. The molecule has 0 aliphatic heterocycles. The molecule has 1 aromatic heterocycles. The maximum absolute atomic E-state index is 12.1. The van der Waals surface area contributed by atoms with Gasteiger partial charge in [-0.15, -0.1) is 10.2 Å². The van der Waals surface area contributed by atoms with Gasteiger partial charge in [0.25, 0.3) is 5.91 Å². The average molecular weight is 554 g/mol. The Labute approximate surface area is 236 Å². The summed E-state index contributed by atoms with van der Waals surface area (Å²) in [5.74, 6) is -0.605. The first kappa shape index (κ1) is 27.7. The molecule has 1 amide bonds. The van der Waals surface area contributed by atoms with E-state index < -0.39 is 11.9 Å². The van der Waals surface area contributed by atoms with Crippen LogP contribution in [0.5, 0.6) is 0 Å². The Morgan fingerprint density at radius 1 is 0.825 bits per heavy atom. The second-order valence-electron chi connectivity index (χ2n) is 8.37. The lowest BCUT2D eigenvalue weighted by atomic mass is 10.1. The van der Waals surface area contributed by atoms with Crippen LogP contribution in [0.2, 0.25) is 0 Å². The molecule has 202 valence electrons. The number of para-hydroxylation sites is 1. The van der Waals surface area contributed by atoms with E-state index in [1.807, 2.05) is 60.7 Å². The van der Waals surface area contributed by atoms with E-state index in [1.54, 1.807) is 36.4 Å². The number of carbonyl (C=O) groups excluding carboxylic acids is 2. The average Bonchev–Trinajstić information content (AvgIpc) is 2.98. The van der Waals surface area contributed by atoms with Crippen LogP contribution >= 0.6 is 12.2 Å². The SMILES string of the molecule is NC(=CC(=O)OCCc1ccccc1NC(=S)Nc1ccc(-c2ccccc2)nn1)NNC(=O)c1ccccc1. The van der Waals surface area contributed by atoms with Crippen LogP contribution in [0.15, 0.2) is 109 Å². The number of hydrazine groups is 1. The number of ether oxygens (including phenoxy) is 1. The number of anilines is 2. The maximum atomic E-state index is 12.1. The zero-order valence-electron chi connectivity index (χ0n) is 21.3. The first-order chi connectivity index (χ1) is 19.5. The number of amides is 1. The molecular weight excluding hydrogens is 526 g/mol. The van der Waals surface area contributed by atoms with E-state index in [4.69, 9.17) is 22.7 Å². The quantitative estimate of drug-likeness (QED) is 0.0852. The second kappa shape index (κ2) is 14.0. The summed E-state index contributed by atoms with van der Waals surface area (Å²) < 4.78 is 5.27. The van der Waals surface area contributed by atoms with Crippen LogP contribution in [0.4, 0.5) is 11.5 Å². The van der Waals surface area contributed by atoms with E-state index in [-0.39, 0.29) is 12.4 Å². The standard InChI is InChI=1S/C29H27N7O3S/c30-25(34-36-28(38)22-12-5-2-6-13-22)19-27(37)39-18-17-21-11-7-8-14-23(21)31-29(40)32-26-16-15-24(33-35-26)20-9-3-1-4-10-20/h1-16,19,34H,17-18,30H2,(H,36,38)(H2,31,32,35,40). The highest BCUT2D eigenvalue weighted by molar-refractivity contribution is 7.80. The fourth-order valence-corrected chi connectivity index (χ4v) is 3.76. The van der Waals surface area contributed by atoms with Crippen molar-refractivity contribution in [1.82, 2.24) is 21.0 Å². The molecular formula is C29H27N7O3S. The zero-order chi connectivity index (χ0) is 28.2. The van der Waals surface area contributed by atoms with E-state index in [0.29, 0.717) is 22.9 Å². The van der Waals surface area contributed by atoms with Gasteiger partial charge in [0.15, 0.2) is 10.9 Å². The summed E-state index contributed by atoms with van der Waals surface area (Å²) in [6.45, 7) is 0.101. The molecule has 0 spiro atoms. The summed E-state index contributed by atoms with van der Waals surface area (Å²) in [5, 5.41) is 15.0. The first-order valence-corrected chi connectivity index (χ1v) is 12.7. The van der Waals surface area contributed by atoms with E-state index in [0.717, 1.165) is 28.6 Å². The van der Waals surface area contributed by atoms with Crippen molar-refractivity contribution >= 4 is 40.7 Å². The van der Waals surface area contributed by atoms with Crippen molar-refractivity contribution in [2.45, 2.75) is 6.42 Å². The third kappa shape index (κ3) is 8.36. The highest BCUT2D eigenvalue weighted by Gasteiger charge is 2.09. The van der Waals surface area contributed by atoms with E-state index >= 15 is 0 Å². The number of esters is 1. The van der Waals surface area contributed by atoms with E-state index in [1.165, 1.54) is 0 Å². The molecule has 0 atom stereocenters. The Morgan fingerprint density at radius 2 is 1.52 bits per heavy atom. The van der Waals surface area contributed by atoms with Crippen LogP contribution < -0.4 is 27.2 Å². The Hall–Kier alpha value is -5.29. The summed E-state index contributed by atoms with van der Waals surface area (Å²) in [7, 11) is 0. The van der Waals surface area contributed by atoms with Crippen molar-refractivity contribution in [1.29, 1.82) is 0 Å². The van der Waals surface area contributed by atoms with Gasteiger partial charge < -0.3 is 21.1 Å². The third-order valence-corrected chi connectivity index (χ3v) is 5.69. The number of nitrogens with two attached hydrogens (primary N) is 1. The lowest BCUT2D eigenvalue weighted by Crippen LogP contribution is -2.39. The van der Waals surface area contributed by atoms with Crippen LogP contribution in [0.3, 0.4) is 0 Å². The molecule has 0 aliphatic rings. The molecule has 4 aromatic rings. The smallest absolute Gasteiger partial charge is 0.334 e. The monoisotopic (exact) mass is 553 g/mol. The van der Waals surface area contributed by atoms with Crippen molar-refractivity contribution in [3.63, 3.8) is 0 Å². The molecule has 0 unspecified atom stereocenters. The summed E-state index contributed by atoms with van der Waals surface area (Å²) in [4.78, 5) is 24.2. The predicted octanol–water partition coefficient (Wildman–Crippen LogP) is 3.77. The van der Waals surface area contributed by atoms with Crippen LogP contribution in [-0.2, 0) is 16.0 Å². The fraction of sp³-hybridized carbons (Fsp3) is 0.0690. The van der Waals surface area contributed by atoms with Gasteiger partial charge in [-0.25, -0.2) is 4.79 Å². The molecule has 10 nitrogen and oxygen atoms in total. The number of hydrogen-bond acceptors (Lipinski definition) is 8. The maximum Gasteiger partial charge on any atom is 0.334 e. The molecule has 1 heterocycles. The minimum Gasteiger partial charge on any atom is -0.462 e. The van der Waals surface area contributed by atoms with Crippen molar-refractivity contribution in [2.75, 3.05) is 17.2 Å². The van der Waals surface area contributed by atoms with Crippen molar-refractivity contribution in [3.8, 4) is 11.3 Å². The zero-order valence-corrected chi connectivity index (χ0v) is 22.2. The lowest BCUT2D eigenvalue weighted by molar-refractivity contribution is -0.137. The minimum atomic E-state index is -0.654. The molecule has 0 bridgehead atoms. The number of thiocarbonyl (C=S) groups is 1. The lowest BCUT2D eigenvalue weighted by Gasteiger charge is -2.14. The summed E-state index contributed by atoms with van der Waals surface area (Å²) >= 11 is 5.45. The van der Waals surface area contributed by atoms with Crippen LogP contribution in [0.25, 0.3) is 11.3 Å². The molecule has 0 saturated carbocycles. The highest BCUT2D eigenvalue weighted by atomic mass is 32.1. The van der Waals surface area contributed by atoms with Crippen molar-refractivity contribution < 1.29 is 14.3 Å². The summed E-state index contributed by atoms with van der Waals surface area (Å²) in [6, 6.07) is 29.5. The number of carbonyl (C=O) groups is 2. The van der Waals surface area contributed by atoms with Crippen molar-refractivity contribution in [2.24, 2.45) is 5.73 Å². The van der Waals surface area contributed by atoms with Crippen LogP contribution in [0.1, 0.15) is 15.9 Å².